The van der Waals surface area contributed by atoms with E-state index in [1.54, 1.807) is 24.3 Å². The number of carbonyl (C=O) groups is 1. The first-order valence-corrected chi connectivity index (χ1v) is 6.23. The van der Waals surface area contributed by atoms with Gasteiger partial charge in [0.25, 0.3) is 5.91 Å². The number of aliphatic hydroxyl groups is 1. The topological polar surface area (TPSA) is 82.2 Å². The smallest absolute Gasteiger partial charge is 0.267 e. The number of pyridine rings is 1. The van der Waals surface area contributed by atoms with Gasteiger partial charge in [0.05, 0.1) is 0 Å². The lowest BCUT2D eigenvalue weighted by Gasteiger charge is -2.06. The second kappa shape index (κ2) is 6.15. The normalized spacial score (nSPS) is 10.6. The fourth-order valence-electron chi connectivity index (χ4n) is 1.85. The first-order valence-electron chi connectivity index (χ1n) is 6.23. The van der Waals surface area contributed by atoms with E-state index in [-0.39, 0.29) is 23.6 Å². The molecule has 0 bridgehead atoms. The molecule has 0 aliphatic rings. The van der Waals surface area contributed by atoms with Crippen molar-refractivity contribution in [3.8, 4) is 0 Å². The van der Waals surface area contributed by atoms with Crippen LogP contribution >= 0.6 is 0 Å². The van der Waals surface area contributed by atoms with Gasteiger partial charge in [-0.2, -0.15) is 0 Å². The summed E-state index contributed by atoms with van der Waals surface area (Å²) in [7, 11) is 0. The van der Waals surface area contributed by atoms with Gasteiger partial charge < -0.3 is 15.4 Å². The third kappa shape index (κ3) is 3.20. The number of carbonyl (C=O) groups excluding carboxylic acids is 1. The molecule has 0 radical (unpaired) electrons. The van der Waals surface area contributed by atoms with E-state index in [0.29, 0.717) is 30.3 Å². The molecule has 0 unspecified atom stereocenters. The van der Waals surface area contributed by atoms with Crippen LogP contribution in [0.15, 0.2) is 35.1 Å². The highest BCUT2D eigenvalue weighted by atomic mass is 16.3. The second-order valence-corrected chi connectivity index (χ2v) is 4.28. The molecule has 0 fully saturated rings. The summed E-state index contributed by atoms with van der Waals surface area (Å²) in [4.78, 5) is 26.7. The summed E-state index contributed by atoms with van der Waals surface area (Å²) in [5.74, 6) is -0.305. The number of fused-ring (bicyclic) bond motifs is 1. The molecule has 1 aromatic carbocycles. The van der Waals surface area contributed by atoms with E-state index >= 15 is 0 Å². The lowest BCUT2D eigenvalue weighted by Crippen LogP contribution is -2.26. The SMILES string of the molecule is O=C(NCCCCO)c1cc(=O)c2ccccc2[nH]1. The zero-order valence-corrected chi connectivity index (χ0v) is 10.5. The van der Waals surface area contributed by atoms with Crippen molar-refractivity contribution in [3.63, 3.8) is 0 Å². The minimum absolute atomic E-state index is 0.114. The van der Waals surface area contributed by atoms with E-state index in [1.807, 2.05) is 0 Å². The lowest BCUT2D eigenvalue weighted by molar-refractivity contribution is 0.0947. The molecule has 0 aliphatic carbocycles. The number of aliphatic hydroxyl groups excluding tert-OH is 1. The summed E-state index contributed by atoms with van der Waals surface area (Å²) >= 11 is 0. The van der Waals surface area contributed by atoms with Crippen LogP contribution in [-0.4, -0.2) is 29.1 Å². The molecule has 3 N–H and O–H groups in total. The molecule has 100 valence electrons. The Morgan fingerprint density at radius 2 is 2.05 bits per heavy atom. The average Bonchev–Trinajstić information content (AvgIpc) is 2.43. The number of aromatic amines is 1. The van der Waals surface area contributed by atoms with E-state index in [4.69, 9.17) is 5.11 Å². The Bertz CT molecular complexity index is 634. The summed E-state index contributed by atoms with van der Waals surface area (Å²) in [5, 5.41) is 11.9. The number of para-hydroxylation sites is 1. The van der Waals surface area contributed by atoms with Crippen molar-refractivity contribution >= 4 is 16.8 Å². The molecule has 0 aliphatic heterocycles. The molecule has 0 saturated heterocycles. The van der Waals surface area contributed by atoms with Gasteiger partial charge in [0.15, 0.2) is 5.43 Å². The minimum Gasteiger partial charge on any atom is -0.396 e. The van der Waals surface area contributed by atoms with Crippen molar-refractivity contribution in [2.24, 2.45) is 0 Å². The molecule has 0 spiro atoms. The molecule has 19 heavy (non-hydrogen) atoms. The van der Waals surface area contributed by atoms with E-state index in [1.165, 1.54) is 6.07 Å². The number of nitrogens with one attached hydrogen (secondary N) is 2. The second-order valence-electron chi connectivity index (χ2n) is 4.28. The third-order valence-corrected chi connectivity index (χ3v) is 2.85. The predicted molar refractivity (Wildman–Crippen MR) is 73.2 cm³/mol. The Morgan fingerprint density at radius 3 is 2.84 bits per heavy atom. The van der Waals surface area contributed by atoms with Crippen LogP contribution in [0.3, 0.4) is 0 Å². The van der Waals surface area contributed by atoms with E-state index in [2.05, 4.69) is 10.3 Å². The fraction of sp³-hybridized carbons (Fsp3) is 0.286. The Balaban J connectivity index is 2.16. The molecule has 5 heteroatoms. The van der Waals surface area contributed by atoms with Crippen LogP contribution < -0.4 is 10.7 Å². The van der Waals surface area contributed by atoms with Gasteiger partial charge >= 0.3 is 0 Å². The minimum atomic E-state index is -0.305. The van der Waals surface area contributed by atoms with Crippen LogP contribution in [0.4, 0.5) is 0 Å². The highest BCUT2D eigenvalue weighted by molar-refractivity contribution is 5.94. The number of benzene rings is 1. The van der Waals surface area contributed by atoms with Gasteiger partial charge in [0, 0.05) is 30.1 Å². The Morgan fingerprint density at radius 1 is 1.26 bits per heavy atom. The van der Waals surface area contributed by atoms with E-state index in [9.17, 15) is 9.59 Å². The highest BCUT2D eigenvalue weighted by Gasteiger charge is 2.08. The first kappa shape index (κ1) is 13.3. The number of rotatable bonds is 5. The van der Waals surface area contributed by atoms with Crippen LogP contribution in [0.2, 0.25) is 0 Å². The quantitative estimate of drug-likeness (QED) is 0.702. The van der Waals surface area contributed by atoms with Crippen molar-refractivity contribution < 1.29 is 9.90 Å². The number of hydrogen-bond donors (Lipinski definition) is 3. The van der Waals surface area contributed by atoms with Crippen molar-refractivity contribution in [1.82, 2.24) is 10.3 Å². The number of amides is 1. The van der Waals surface area contributed by atoms with Crippen molar-refractivity contribution in [1.29, 1.82) is 0 Å². The van der Waals surface area contributed by atoms with Crippen LogP contribution in [0, 0.1) is 0 Å². The van der Waals surface area contributed by atoms with Gasteiger partial charge in [0.2, 0.25) is 0 Å². The van der Waals surface area contributed by atoms with Gasteiger partial charge in [0.1, 0.15) is 5.69 Å². The molecule has 1 aromatic heterocycles. The molecule has 2 aromatic rings. The van der Waals surface area contributed by atoms with Crippen LogP contribution in [0.5, 0.6) is 0 Å². The third-order valence-electron chi connectivity index (χ3n) is 2.85. The molecule has 1 heterocycles. The van der Waals surface area contributed by atoms with E-state index in [0.717, 1.165) is 0 Å². The van der Waals surface area contributed by atoms with Crippen molar-refractivity contribution in [2.45, 2.75) is 12.8 Å². The van der Waals surface area contributed by atoms with Gasteiger partial charge in [-0.25, -0.2) is 0 Å². The summed E-state index contributed by atoms with van der Waals surface area (Å²) in [6.45, 7) is 0.594. The molecular weight excluding hydrogens is 244 g/mol. The molecule has 5 nitrogen and oxygen atoms in total. The summed E-state index contributed by atoms with van der Waals surface area (Å²) in [5.41, 5.74) is 0.734. The molecule has 1 amide bonds. The van der Waals surface area contributed by atoms with Crippen LogP contribution in [0.1, 0.15) is 23.3 Å². The lowest BCUT2D eigenvalue weighted by atomic mass is 10.2. The molecule has 0 atom stereocenters. The number of aromatic nitrogens is 1. The number of unbranched alkanes of at least 4 members (excludes halogenated alkanes) is 1. The zero-order valence-electron chi connectivity index (χ0n) is 10.5. The summed E-state index contributed by atoms with van der Waals surface area (Å²) in [6, 6.07) is 8.38. The van der Waals surface area contributed by atoms with E-state index < -0.39 is 0 Å². The monoisotopic (exact) mass is 260 g/mol. The number of hydrogen-bond acceptors (Lipinski definition) is 3. The standard InChI is InChI=1S/C14H16N2O3/c17-8-4-3-7-15-14(19)12-9-13(18)10-5-1-2-6-11(10)16-12/h1-2,5-6,9,17H,3-4,7-8H2,(H,15,19)(H,16,18). The average molecular weight is 260 g/mol. The van der Waals surface area contributed by atoms with Crippen molar-refractivity contribution in [2.75, 3.05) is 13.2 Å². The van der Waals surface area contributed by atoms with Crippen LogP contribution in [0.25, 0.3) is 10.9 Å². The maximum Gasteiger partial charge on any atom is 0.267 e. The Hall–Kier alpha value is -2.14. The van der Waals surface area contributed by atoms with Gasteiger partial charge in [-0.3, -0.25) is 9.59 Å². The predicted octanol–water partition coefficient (Wildman–Crippen LogP) is 1.03. The van der Waals surface area contributed by atoms with Crippen LogP contribution in [-0.2, 0) is 0 Å². The first-order chi connectivity index (χ1) is 9.22. The van der Waals surface area contributed by atoms with Gasteiger partial charge in [-0.1, -0.05) is 12.1 Å². The fourth-order valence-corrected chi connectivity index (χ4v) is 1.85. The van der Waals surface area contributed by atoms with Crippen molar-refractivity contribution in [3.05, 3.63) is 46.2 Å². The zero-order chi connectivity index (χ0) is 13.7. The van der Waals surface area contributed by atoms with Gasteiger partial charge in [-0.05, 0) is 25.0 Å². The maximum absolute atomic E-state index is 11.9. The summed E-state index contributed by atoms with van der Waals surface area (Å²) < 4.78 is 0. The molecular formula is C14H16N2O3. The Kier molecular flexibility index (Phi) is 4.30. The summed E-state index contributed by atoms with van der Waals surface area (Å²) in [6.07, 6.45) is 1.36. The Labute approximate surface area is 110 Å². The largest absolute Gasteiger partial charge is 0.396 e. The van der Waals surface area contributed by atoms with Gasteiger partial charge in [-0.15, -0.1) is 0 Å². The maximum atomic E-state index is 11.9. The number of H-pyrrole nitrogens is 1. The molecule has 0 saturated carbocycles. The molecule has 2 rings (SSSR count). The highest BCUT2D eigenvalue weighted by Crippen LogP contribution is 2.07.